The first-order chi connectivity index (χ1) is 5.65. The quantitative estimate of drug-likeness (QED) is 0.442. The van der Waals surface area contributed by atoms with Gasteiger partial charge in [-0.3, -0.25) is 4.79 Å². The highest BCUT2D eigenvalue weighted by molar-refractivity contribution is 5.66. The van der Waals surface area contributed by atoms with Gasteiger partial charge in [0.15, 0.2) is 0 Å². The second-order valence-corrected chi connectivity index (χ2v) is 2.05. The van der Waals surface area contributed by atoms with Crippen molar-refractivity contribution in [1.29, 1.82) is 0 Å². The van der Waals surface area contributed by atoms with Gasteiger partial charge in [0.05, 0.1) is 0 Å². The molecule has 12 heavy (non-hydrogen) atoms. The van der Waals surface area contributed by atoms with E-state index in [1.165, 1.54) is 28.3 Å². The minimum atomic E-state index is -0.822. The fourth-order valence-corrected chi connectivity index (χ4v) is 0.697. The maximum absolute atomic E-state index is 10.5. The molecular formula is C7H14O5. The average Bonchev–Trinajstić information content (AvgIpc) is 2.04. The van der Waals surface area contributed by atoms with Gasteiger partial charge >= 0.3 is 5.97 Å². The second kappa shape index (κ2) is 5.93. The molecule has 5 heteroatoms. The van der Waals surface area contributed by atoms with Crippen molar-refractivity contribution in [1.82, 2.24) is 0 Å². The van der Waals surface area contributed by atoms with E-state index in [2.05, 4.69) is 0 Å². The molecule has 0 aliphatic heterocycles. The predicted octanol–water partition coefficient (Wildman–Crippen LogP) is 0.141. The van der Waals surface area contributed by atoms with Crippen LogP contribution in [0.5, 0.6) is 0 Å². The van der Waals surface area contributed by atoms with Crippen molar-refractivity contribution >= 4 is 5.97 Å². The molecule has 0 fully saturated rings. The lowest BCUT2D eigenvalue weighted by Crippen LogP contribution is -2.35. The zero-order valence-electron chi connectivity index (χ0n) is 7.70. The molecule has 0 aromatic rings. The lowest BCUT2D eigenvalue weighted by atomic mass is 10.6. The van der Waals surface area contributed by atoms with Crippen molar-refractivity contribution in [3.63, 3.8) is 0 Å². The van der Waals surface area contributed by atoms with Crippen LogP contribution >= 0.6 is 0 Å². The molecule has 0 aromatic heterocycles. The van der Waals surface area contributed by atoms with E-state index in [9.17, 15) is 4.79 Å². The molecule has 0 bridgehead atoms. The molecule has 0 aliphatic rings. The van der Waals surface area contributed by atoms with E-state index in [-0.39, 0.29) is 0 Å². The number of carbonyl (C=O) groups is 1. The Morgan fingerprint density at radius 2 is 1.42 bits per heavy atom. The van der Waals surface area contributed by atoms with Crippen molar-refractivity contribution in [2.75, 3.05) is 21.3 Å². The fraction of sp³-hybridized carbons (Fsp3) is 0.857. The third-order valence-electron chi connectivity index (χ3n) is 1.20. The van der Waals surface area contributed by atoms with Crippen LogP contribution < -0.4 is 0 Å². The third-order valence-corrected chi connectivity index (χ3v) is 1.20. The summed E-state index contributed by atoms with van der Waals surface area (Å²) in [6, 6.07) is 0. The third kappa shape index (κ3) is 3.66. The summed E-state index contributed by atoms with van der Waals surface area (Å²) in [5, 5.41) is 0. The van der Waals surface area contributed by atoms with Gasteiger partial charge in [-0.2, -0.15) is 0 Å². The number of esters is 1. The number of hydrogen-bond acceptors (Lipinski definition) is 5. The average molecular weight is 178 g/mol. The van der Waals surface area contributed by atoms with Gasteiger partial charge in [-0.05, 0) is 0 Å². The molecule has 0 radical (unpaired) electrons. The molecule has 72 valence electrons. The van der Waals surface area contributed by atoms with E-state index in [0.717, 1.165) is 0 Å². The van der Waals surface area contributed by atoms with Crippen LogP contribution in [0.25, 0.3) is 0 Å². The van der Waals surface area contributed by atoms with Crippen LogP contribution in [0.1, 0.15) is 6.92 Å². The van der Waals surface area contributed by atoms with Gasteiger partial charge in [0.1, 0.15) is 0 Å². The van der Waals surface area contributed by atoms with E-state index < -0.39 is 18.5 Å². The maximum Gasteiger partial charge on any atom is 0.305 e. The standard InChI is InChI=1S/C7H14O5/c1-5(8)12-7(11-4)6(9-2)10-3/h6-7H,1-4H3. The lowest BCUT2D eigenvalue weighted by Gasteiger charge is -2.22. The monoisotopic (exact) mass is 178 g/mol. The summed E-state index contributed by atoms with van der Waals surface area (Å²) in [6.07, 6.45) is -1.52. The Labute approximate surface area is 71.5 Å². The number of carbonyl (C=O) groups excluding carboxylic acids is 1. The van der Waals surface area contributed by atoms with Gasteiger partial charge in [0.25, 0.3) is 6.29 Å². The molecule has 1 unspecified atom stereocenters. The first-order valence-corrected chi connectivity index (χ1v) is 3.41. The van der Waals surface area contributed by atoms with E-state index >= 15 is 0 Å². The SMILES string of the molecule is COC(OC)C(OC)OC(C)=O. The maximum atomic E-state index is 10.5. The number of rotatable bonds is 5. The van der Waals surface area contributed by atoms with Crippen LogP contribution in [0.3, 0.4) is 0 Å². The fourth-order valence-electron chi connectivity index (χ4n) is 0.697. The second-order valence-electron chi connectivity index (χ2n) is 2.05. The smallest absolute Gasteiger partial charge is 0.305 e. The van der Waals surface area contributed by atoms with E-state index in [1.807, 2.05) is 0 Å². The number of hydrogen-bond donors (Lipinski definition) is 0. The summed E-state index contributed by atoms with van der Waals surface area (Å²) in [5.41, 5.74) is 0. The topological polar surface area (TPSA) is 54.0 Å². The minimum absolute atomic E-state index is 0.444. The van der Waals surface area contributed by atoms with Crippen LogP contribution in [0.4, 0.5) is 0 Å². The zero-order chi connectivity index (χ0) is 9.56. The van der Waals surface area contributed by atoms with Gasteiger partial charge in [0, 0.05) is 28.3 Å². The Balaban J connectivity index is 4.01. The van der Waals surface area contributed by atoms with Crippen molar-refractivity contribution in [3.8, 4) is 0 Å². The molecule has 0 amide bonds. The summed E-state index contributed by atoms with van der Waals surface area (Å²) < 4.78 is 19.2. The summed E-state index contributed by atoms with van der Waals surface area (Å²) in [4.78, 5) is 10.5. The van der Waals surface area contributed by atoms with Gasteiger partial charge in [0.2, 0.25) is 6.29 Å². The molecule has 0 saturated carbocycles. The van der Waals surface area contributed by atoms with Gasteiger partial charge in [-0.15, -0.1) is 0 Å². The van der Waals surface area contributed by atoms with Gasteiger partial charge in [-0.25, -0.2) is 0 Å². The Hall–Kier alpha value is -0.650. The highest BCUT2D eigenvalue weighted by atomic mass is 16.8. The molecule has 0 saturated heterocycles. The normalized spacial score (nSPS) is 13.1. The summed E-state index contributed by atoms with van der Waals surface area (Å²) in [5.74, 6) is -0.444. The largest absolute Gasteiger partial charge is 0.430 e. The van der Waals surface area contributed by atoms with Crippen LogP contribution in [0.2, 0.25) is 0 Å². The van der Waals surface area contributed by atoms with Crippen molar-refractivity contribution in [2.24, 2.45) is 0 Å². The molecule has 0 N–H and O–H groups in total. The molecule has 0 rings (SSSR count). The van der Waals surface area contributed by atoms with Crippen LogP contribution in [0, 0.1) is 0 Å². The molecule has 0 aliphatic carbocycles. The lowest BCUT2D eigenvalue weighted by molar-refractivity contribution is -0.255. The Kier molecular flexibility index (Phi) is 5.61. The summed E-state index contributed by atoms with van der Waals surface area (Å²) in [6.45, 7) is 1.29. The highest BCUT2D eigenvalue weighted by Crippen LogP contribution is 2.05. The van der Waals surface area contributed by atoms with E-state index in [1.54, 1.807) is 0 Å². The number of methoxy groups -OCH3 is 3. The Morgan fingerprint density at radius 3 is 1.67 bits per heavy atom. The van der Waals surface area contributed by atoms with Crippen LogP contribution in [-0.4, -0.2) is 39.9 Å². The highest BCUT2D eigenvalue weighted by Gasteiger charge is 2.23. The molecular weight excluding hydrogens is 164 g/mol. The van der Waals surface area contributed by atoms with Crippen molar-refractivity contribution < 1.29 is 23.7 Å². The van der Waals surface area contributed by atoms with Crippen molar-refractivity contribution in [3.05, 3.63) is 0 Å². The zero-order valence-corrected chi connectivity index (χ0v) is 7.70. The first kappa shape index (κ1) is 11.4. The van der Waals surface area contributed by atoms with Gasteiger partial charge < -0.3 is 18.9 Å². The van der Waals surface area contributed by atoms with Gasteiger partial charge in [-0.1, -0.05) is 0 Å². The Morgan fingerprint density at radius 1 is 1.00 bits per heavy atom. The predicted molar refractivity (Wildman–Crippen MR) is 40.4 cm³/mol. The minimum Gasteiger partial charge on any atom is -0.430 e. The molecule has 0 heterocycles. The summed E-state index contributed by atoms with van der Waals surface area (Å²) in [7, 11) is 4.27. The molecule has 0 aromatic carbocycles. The Bertz CT molecular complexity index is 132. The molecule has 1 atom stereocenters. The molecule has 0 spiro atoms. The van der Waals surface area contributed by atoms with E-state index in [0.29, 0.717) is 0 Å². The first-order valence-electron chi connectivity index (χ1n) is 3.41. The van der Waals surface area contributed by atoms with Crippen molar-refractivity contribution in [2.45, 2.75) is 19.5 Å². The number of ether oxygens (including phenoxy) is 4. The van der Waals surface area contributed by atoms with Crippen LogP contribution in [-0.2, 0) is 23.7 Å². The summed E-state index contributed by atoms with van der Waals surface area (Å²) >= 11 is 0. The molecule has 5 nitrogen and oxygen atoms in total. The van der Waals surface area contributed by atoms with Crippen LogP contribution in [0.15, 0.2) is 0 Å². The van der Waals surface area contributed by atoms with E-state index in [4.69, 9.17) is 18.9 Å².